The van der Waals surface area contributed by atoms with E-state index in [-0.39, 0.29) is 0 Å². The van der Waals surface area contributed by atoms with Crippen molar-refractivity contribution in [3.8, 4) is 0 Å². The monoisotopic (exact) mass is 283 g/mol. The third kappa shape index (κ3) is 5.57. The molecule has 0 aromatic carbocycles. The van der Waals surface area contributed by atoms with Gasteiger partial charge in [-0.1, -0.05) is 63.8 Å². The summed E-state index contributed by atoms with van der Waals surface area (Å²) < 4.78 is 4.13. The van der Waals surface area contributed by atoms with E-state index < -0.39 is 0 Å². The van der Waals surface area contributed by atoms with Gasteiger partial charge in [-0.2, -0.15) is 0 Å². The van der Waals surface area contributed by atoms with Crippen LogP contribution in [0.15, 0.2) is 0 Å². The number of unbranched alkanes of at least 4 members (excludes halogenated alkanes) is 5. The molecule has 1 rings (SSSR count). The third-order valence-electron chi connectivity index (χ3n) is 3.60. The topological polar surface area (TPSA) is 37.8 Å². The number of nitrogens with one attached hydrogen (secondary N) is 1. The van der Waals surface area contributed by atoms with Crippen LogP contribution >= 0.6 is 11.5 Å². The van der Waals surface area contributed by atoms with E-state index in [1.165, 1.54) is 55.5 Å². The molecule has 0 amide bonds. The average molecular weight is 283 g/mol. The fraction of sp³-hybridized carbons (Fsp3) is 0.867. The fourth-order valence-corrected chi connectivity index (χ4v) is 3.33. The summed E-state index contributed by atoms with van der Waals surface area (Å²) in [4.78, 5) is 1.34. The van der Waals surface area contributed by atoms with Crippen LogP contribution in [0.5, 0.6) is 0 Å². The molecule has 1 atom stereocenters. The van der Waals surface area contributed by atoms with E-state index in [0.29, 0.717) is 12.0 Å². The standard InChI is InChI=1S/C15H29N3S/c1-5-6-7-8-9-10-11-13(16-4)15-14(12(2)3)17-18-19-15/h12-13,16H,5-11H2,1-4H3. The zero-order valence-electron chi connectivity index (χ0n) is 12.9. The highest BCUT2D eigenvalue weighted by Crippen LogP contribution is 2.29. The summed E-state index contributed by atoms with van der Waals surface area (Å²) in [6.45, 7) is 6.65. The van der Waals surface area contributed by atoms with Crippen molar-refractivity contribution < 1.29 is 0 Å². The Morgan fingerprint density at radius 3 is 2.42 bits per heavy atom. The molecule has 19 heavy (non-hydrogen) atoms. The molecule has 0 spiro atoms. The van der Waals surface area contributed by atoms with Crippen LogP contribution in [-0.2, 0) is 0 Å². The number of nitrogens with zero attached hydrogens (tertiary/aromatic N) is 2. The molecule has 0 saturated heterocycles. The van der Waals surface area contributed by atoms with Gasteiger partial charge in [0.2, 0.25) is 0 Å². The Balaban J connectivity index is 2.38. The molecule has 1 aromatic rings. The number of hydrogen-bond donors (Lipinski definition) is 1. The van der Waals surface area contributed by atoms with Crippen LogP contribution in [0.3, 0.4) is 0 Å². The quantitative estimate of drug-likeness (QED) is 0.634. The summed E-state index contributed by atoms with van der Waals surface area (Å²) in [5.74, 6) is 0.467. The molecule has 0 fully saturated rings. The van der Waals surface area contributed by atoms with Crippen LogP contribution in [0, 0.1) is 0 Å². The van der Waals surface area contributed by atoms with Gasteiger partial charge in [-0.15, -0.1) is 5.10 Å². The zero-order valence-corrected chi connectivity index (χ0v) is 13.7. The molecule has 1 unspecified atom stereocenters. The van der Waals surface area contributed by atoms with Crippen LogP contribution in [0.2, 0.25) is 0 Å². The van der Waals surface area contributed by atoms with Gasteiger partial charge in [0.05, 0.1) is 10.6 Å². The maximum atomic E-state index is 4.28. The summed E-state index contributed by atoms with van der Waals surface area (Å²) in [6.07, 6.45) is 9.32. The first kappa shape index (κ1) is 16.6. The highest BCUT2D eigenvalue weighted by atomic mass is 32.1. The smallest absolute Gasteiger partial charge is 0.0829 e. The second-order valence-electron chi connectivity index (χ2n) is 5.57. The third-order valence-corrected chi connectivity index (χ3v) is 4.45. The van der Waals surface area contributed by atoms with E-state index in [9.17, 15) is 0 Å². The van der Waals surface area contributed by atoms with Crippen molar-refractivity contribution in [3.63, 3.8) is 0 Å². The summed E-state index contributed by atoms with van der Waals surface area (Å²) in [5.41, 5.74) is 1.18. The van der Waals surface area contributed by atoms with Gasteiger partial charge in [0.25, 0.3) is 0 Å². The van der Waals surface area contributed by atoms with E-state index in [0.717, 1.165) is 0 Å². The summed E-state index contributed by atoms with van der Waals surface area (Å²) in [6, 6.07) is 0.434. The molecule has 0 bridgehead atoms. The molecule has 4 heteroatoms. The Labute approximate surface area is 122 Å². The molecule has 1 heterocycles. The van der Waals surface area contributed by atoms with E-state index in [1.54, 1.807) is 11.5 Å². The molecule has 0 aliphatic heterocycles. The SMILES string of the molecule is CCCCCCCCC(NC)c1snnc1C(C)C. The average Bonchev–Trinajstić information content (AvgIpc) is 2.87. The van der Waals surface area contributed by atoms with Crippen molar-refractivity contribution in [1.82, 2.24) is 14.9 Å². The minimum Gasteiger partial charge on any atom is -0.312 e. The van der Waals surface area contributed by atoms with E-state index in [2.05, 4.69) is 35.7 Å². The van der Waals surface area contributed by atoms with Gasteiger partial charge in [-0.25, -0.2) is 0 Å². The van der Waals surface area contributed by atoms with Gasteiger partial charge < -0.3 is 5.32 Å². The maximum Gasteiger partial charge on any atom is 0.0829 e. The first-order chi connectivity index (χ1) is 9.20. The van der Waals surface area contributed by atoms with Crippen molar-refractivity contribution in [2.24, 2.45) is 0 Å². The van der Waals surface area contributed by atoms with Gasteiger partial charge in [-0.05, 0) is 30.9 Å². The lowest BCUT2D eigenvalue weighted by Gasteiger charge is -2.16. The minimum atomic E-state index is 0.434. The van der Waals surface area contributed by atoms with Crippen LogP contribution in [0.25, 0.3) is 0 Å². The predicted molar refractivity (Wildman–Crippen MR) is 83.8 cm³/mol. The van der Waals surface area contributed by atoms with Gasteiger partial charge in [-0.3, -0.25) is 0 Å². The highest BCUT2D eigenvalue weighted by Gasteiger charge is 2.19. The van der Waals surface area contributed by atoms with E-state index in [1.807, 2.05) is 7.05 Å². The van der Waals surface area contributed by atoms with Gasteiger partial charge in [0.15, 0.2) is 0 Å². The maximum absolute atomic E-state index is 4.28. The van der Waals surface area contributed by atoms with Crippen molar-refractivity contribution in [1.29, 1.82) is 0 Å². The first-order valence-corrected chi connectivity index (χ1v) is 8.47. The van der Waals surface area contributed by atoms with Crippen LogP contribution in [0.4, 0.5) is 0 Å². The molecular weight excluding hydrogens is 254 g/mol. The van der Waals surface area contributed by atoms with Crippen molar-refractivity contribution >= 4 is 11.5 Å². The van der Waals surface area contributed by atoms with Crippen molar-refractivity contribution in [2.75, 3.05) is 7.05 Å². The van der Waals surface area contributed by atoms with Crippen LogP contribution < -0.4 is 5.32 Å². The number of rotatable bonds is 10. The molecule has 0 radical (unpaired) electrons. The van der Waals surface area contributed by atoms with Gasteiger partial charge in [0.1, 0.15) is 0 Å². The molecule has 1 aromatic heterocycles. The van der Waals surface area contributed by atoms with Gasteiger partial charge in [0, 0.05) is 6.04 Å². The minimum absolute atomic E-state index is 0.434. The molecule has 0 saturated carbocycles. The molecule has 3 nitrogen and oxygen atoms in total. The zero-order chi connectivity index (χ0) is 14.1. The second kappa shape index (κ2) is 9.43. The summed E-state index contributed by atoms with van der Waals surface area (Å²) >= 11 is 1.56. The predicted octanol–water partition coefficient (Wildman–Crippen LogP) is 4.67. The summed E-state index contributed by atoms with van der Waals surface area (Å²) in [5, 5.41) is 7.71. The number of hydrogen-bond acceptors (Lipinski definition) is 4. The van der Waals surface area contributed by atoms with E-state index >= 15 is 0 Å². The van der Waals surface area contributed by atoms with Crippen LogP contribution in [0.1, 0.15) is 88.2 Å². The Bertz CT molecular complexity index is 336. The molecule has 0 aliphatic rings. The first-order valence-electron chi connectivity index (χ1n) is 7.70. The summed E-state index contributed by atoms with van der Waals surface area (Å²) in [7, 11) is 2.05. The van der Waals surface area contributed by atoms with E-state index in [4.69, 9.17) is 0 Å². The Morgan fingerprint density at radius 2 is 1.79 bits per heavy atom. The van der Waals surface area contributed by atoms with Crippen molar-refractivity contribution in [3.05, 3.63) is 10.6 Å². The highest BCUT2D eigenvalue weighted by molar-refractivity contribution is 7.05. The molecule has 110 valence electrons. The second-order valence-corrected chi connectivity index (χ2v) is 6.36. The Hall–Kier alpha value is -0.480. The lowest BCUT2D eigenvalue weighted by Crippen LogP contribution is -2.17. The molecule has 1 N–H and O–H groups in total. The van der Waals surface area contributed by atoms with Crippen molar-refractivity contribution in [2.45, 2.75) is 77.7 Å². The Morgan fingerprint density at radius 1 is 1.11 bits per heavy atom. The lowest BCUT2D eigenvalue weighted by atomic mass is 10.0. The lowest BCUT2D eigenvalue weighted by molar-refractivity contribution is 0.498. The Kier molecular flexibility index (Phi) is 8.22. The van der Waals surface area contributed by atoms with Crippen LogP contribution in [-0.4, -0.2) is 16.6 Å². The van der Waals surface area contributed by atoms with Gasteiger partial charge >= 0.3 is 0 Å². The largest absolute Gasteiger partial charge is 0.312 e. The molecular formula is C15H29N3S. The molecule has 0 aliphatic carbocycles. The number of aromatic nitrogens is 2. The normalized spacial score (nSPS) is 13.1. The fourth-order valence-electron chi connectivity index (χ4n) is 2.38.